The molecule has 0 unspecified atom stereocenters. The first-order valence-electron chi connectivity index (χ1n) is 5.60. The molecule has 0 spiro atoms. The molecule has 104 valence electrons. The molecule has 1 aliphatic carbocycles. The fraction of sp³-hybridized carbons (Fsp3) is 0.545. The first kappa shape index (κ1) is 14.8. The van der Waals surface area contributed by atoms with Crippen LogP contribution in [0.3, 0.4) is 0 Å². The lowest BCUT2D eigenvalue weighted by atomic mass is 10.3. The Kier molecular flexibility index (Phi) is 5.16. The van der Waals surface area contributed by atoms with Crippen molar-refractivity contribution in [1.82, 2.24) is 5.06 Å². The van der Waals surface area contributed by atoms with Crippen molar-refractivity contribution < 1.29 is 33.5 Å². The van der Waals surface area contributed by atoms with Gasteiger partial charge in [0, 0.05) is 32.7 Å². The molecule has 0 heterocycles. The van der Waals surface area contributed by atoms with Crippen LogP contribution in [-0.4, -0.2) is 48.1 Å². The van der Waals surface area contributed by atoms with Gasteiger partial charge in [-0.25, -0.2) is 4.79 Å². The number of ketones is 2. The third kappa shape index (κ3) is 4.16. The van der Waals surface area contributed by atoms with E-state index < -0.39 is 29.7 Å². The molecular weight excluding hydrogens is 258 g/mol. The Balaban J connectivity index is 2.42. The lowest BCUT2D eigenvalue weighted by Gasteiger charge is -2.16. The maximum absolute atomic E-state index is 11.3. The van der Waals surface area contributed by atoms with E-state index in [0.29, 0.717) is 11.3 Å². The first-order chi connectivity index (χ1) is 8.95. The van der Waals surface area contributed by atoms with E-state index in [1.54, 1.807) is 0 Å². The fourth-order valence-corrected chi connectivity index (χ4v) is 1.44. The molecule has 1 saturated carbocycles. The van der Waals surface area contributed by atoms with Gasteiger partial charge in [0.05, 0.1) is 0 Å². The van der Waals surface area contributed by atoms with E-state index in [0.717, 1.165) is 7.05 Å². The molecule has 0 N–H and O–H groups in total. The Morgan fingerprint density at radius 2 is 1.89 bits per heavy atom. The van der Waals surface area contributed by atoms with Gasteiger partial charge in [0.2, 0.25) is 6.10 Å². The number of aldehydes is 1. The van der Waals surface area contributed by atoms with Gasteiger partial charge in [0.25, 0.3) is 5.91 Å². The Morgan fingerprint density at radius 3 is 2.42 bits per heavy atom. The molecule has 19 heavy (non-hydrogen) atoms. The zero-order valence-electron chi connectivity index (χ0n) is 10.3. The van der Waals surface area contributed by atoms with E-state index >= 15 is 0 Å². The number of carbonyl (C=O) groups is 5. The number of rotatable bonds is 4. The van der Waals surface area contributed by atoms with Gasteiger partial charge < -0.3 is 14.4 Å². The highest BCUT2D eigenvalue weighted by Crippen LogP contribution is 2.15. The third-order valence-corrected chi connectivity index (χ3v) is 2.46. The molecule has 0 atom stereocenters. The highest BCUT2D eigenvalue weighted by Gasteiger charge is 2.37. The van der Waals surface area contributed by atoms with Crippen LogP contribution < -0.4 is 0 Å². The monoisotopic (exact) mass is 271 g/mol. The third-order valence-electron chi connectivity index (χ3n) is 2.46. The fourth-order valence-electron chi connectivity index (χ4n) is 1.44. The second-order valence-electron chi connectivity index (χ2n) is 3.87. The first-order valence-corrected chi connectivity index (χ1v) is 5.60. The molecule has 1 amide bonds. The van der Waals surface area contributed by atoms with Crippen molar-refractivity contribution in [3.8, 4) is 0 Å². The van der Waals surface area contributed by atoms with Crippen LogP contribution >= 0.6 is 0 Å². The molecule has 0 aromatic carbocycles. The van der Waals surface area contributed by atoms with Gasteiger partial charge in [-0.05, 0) is 0 Å². The molecule has 0 bridgehead atoms. The van der Waals surface area contributed by atoms with Crippen molar-refractivity contribution in [3.05, 3.63) is 0 Å². The average Bonchev–Trinajstić information content (AvgIpc) is 2.67. The standard InChI is InChI=1S/C11H13NO7/c1-12(9(16)3-2-6-13)19-11(17)18-10-7(14)4-5-8(10)15/h6,10H,2-5H2,1H3. The Labute approximate surface area is 108 Å². The number of hydrogen-bond acceptors (Lipinski definition) is 7. The van der Waals surface area contributed by atoms with Crippen molar-refractivity contribution in [3.63, 3.8) is 0 Å². The Morgan fingerprint density at radius 1 is 1.32 bits per heavy atom. The summed E-state index contributed by atoms with van der Waals surface area (Å²) in [5.41, 5.74) is 0. The minimum absolute atomic E-state index is 0.00117. The van der Waals surface area contributed by atoms with Crippen molar-refractivity contribution in [2.24, 2.45) is 0 Å². The summed E-state index contributed by atoms with van der Waals surface area (Å²) in [4.78, 5) is 59.5. The summed E-state index contributed by atoms with van der Waals surface area (Å²) in [5.74, 6) is -1.58. The quantitative estimate of drug-likeness (QED) is 0.301. The van der Waals surface area contributed by atoms with Crippen LogP contribution in [0.15, 0.2) is 0 Å². The molecular formula is C11H13NO7. The minimum Gasteiger partial charge on any atom is -0.413 e. The summed E-state index contributed by atoms with van der Waals surface area (Å²) in [7, 11) is 1.16. The highest BCUT2D eigenvalue weighted by molar-refractivity contribution is 6.12. The molecule has 0 radical (unpaired) electrons. The van der Waals surface area contributed by atoms with E-state index in [2.05, 4.69) is 9.57 Å². The molecule has 0 aliphatic heterocycles. The largest absolute Gasteiger partial charge is 0.534 e. The van der Waals surface area contributed by atoms with E-state index in [4.69, 9.17) is 0 Å². The van der Waals surface area contributed by atoms with Gasteiger partial charge in [-0.15, -0.1) is 0 Å². The lowest BCUT2D eigenvalue weighted by Crippen LogP contribution is -2.34. The molecule has 1 aliphatic rings. The van der Waals surface area contributed by atoms with Gasteiger partial charge in [0.1, 0.15) is 6.29 Å². The number of amides is 1. The molecule has 0 saturated heterocycles. The zero-order valence-corrected chi connectivity index (χ0v) is 10.3. The smallest absolute Gasteiger partial charge is 0.413 e. The predicted molar refractivity (Wildman–Crippen MR) is 58.7 cm³/mol. The van der Waals surface area contributed by atoms with Crippen LogP contribution in [0.25, 0.3) is 0 Å². The summed E-state index contributed by atoms with van der Waals surface area (Å²) in [6, 6.07) is 0. The SMILES string of the molecule is CN(OC(=O)OC1C(=O)CCC1=O)C(=O)CCC=O. The number of hydroxylamine groups is 2. The second-order valence-corrected chi connectivity index (χ2v) is 3.87. The predicted octanol–water partition coefficient (Wildman–Crippen LogP) is -0.207. The molecule has 8 nitrogen and oxygen atoms in total. The molecule has 8 heteroatoms. The van der Waals surface area contributed by atoms with E-state index in [9.17, 15) is 24.0 Å². The van der Waals surface area contributed by atoms with Gasteiger partial charge in [0.15, 0.2) is 11.6 Å². The number of nitrogens with zero attached hydrogens (tertiary/aromatic N) is 1. The van der Waals surface area contributed by atoms with E-state index in [1.807, 2.05) is 0 Å². The minimum atomic E-state index is -1.44. The number of carbonyl (C=O) groups excluding carboxylic acids is 5. The van der Waals surface area contributed by atoms with Crippen LogP contribution in [0.5, 0.6) is 0 Å². The number of Topliss-reactive ketones (excluding diaryl/α,β-unsaturated/α-hetero) is 2. The second kappa shape index (κ2) is 6.62. The van der Waals surface area contributed by atoms with Crippen LogP contribution in [-0.2, 0) is 28.8 Å². The van der Waals surface area contributed by atoms with Crippen molar-refractivity contribution in [1.29, 1.82) is 0 Å². The Bertz CT molecular complexity index is 401. The lowest BCUT2D eigenvalue weighted by molar-refractivity contribution is -0.169. The van der Waals surface area contributed by atoms with Crippen molar-refractivity contribution >= 4 is 29.9 Å². The summed E-state index contributed by atoms with van der Waals surface area (Å²) in [6.45, 7) is 0. The summed E-state index contributed by atoms with van der Waals surface area (Å²) in [5, 5.41) is 0.593. The normalized spacial score (nSPS) is 15.2. The van der Waals surface area contributed by atoms with Gasteiger partial charge in [-0.3, -0.25) is 14.4 Å². The molecule has 1 rings (SSSR count). The highest BCUT2D eigenvalue weighted by atomic mass is 16.8. The van der Waals surface area contributed by atoms with Crippen LogP contribution in [0.2, 0.25) is 0 Å². The maximum Gasteiger partial charge on any atom is 0.534 e. The summed E-state index contributed by atoms with van der Waals surface area (Å²) < 4.78 is 4.54. The van der Waals surface area contributed by atoms with Crippen LogP contribution in [0.4, 0.5) is 4.79 Å². The summed E-state index contributed by atoms with van der Waals surface area (Å²) >= 11 is 0. The maximum atomic E-state index is 11.3. The van der Waals surface area contributed by atoms with Gasteiger partial charge in [-0.1, -0.05) is 0 Å². The zero-order chi connectivity index (χ0) is 14.4. The molecule has 1 fully saturated rings. The van der Waals surface area contributed by atoms with Crippen LogP contribution in [0.1, 0.15) is 25.7 Å². The van der Waals surface area contributed by atoms with Crippen LogP contribution in [0, 0.1) is 0 Å². The Hall–Kier alpha value is -2.25. The van der Waals surface area contributed by atoms with Gasteiger partial charge >= 0.3 is 6.16 Å². The average molecular weight is 271 g/mol. The molecule has 0 aromatic rings. The van der Waals surface area contributed by atoms with E-state index in [1.165, 1.54) is 0 Å². The topological polar surface area (TPSA) is 107 Å². The number of hydrogen-bond donors (Lipinski definition) is 0. The molecule has 0 aromatic heterocycles. The van der Waals surface area contributed by atoms with E-state index in [-0.39, 0.29) is 25.7 Å². The van der Waals surface area contributed by atoms with Gasteiger partial charge in [-0.2, -0.15) is 5.06 Å². The van der Waals surface area contributed by atoms with Crippen molar-refractivity contribution in [2.75, 3.05) is 7.05 Å². The number of ether oxygens (including phenoxy) is 1. The summed E-state index contributed by atoms with van der Waals surface area (Å²) in [6.07, 6.45) is -2.24. The van der Waals surface area contributed by atoms with Crippen molar-refractivity contribution in [2.45, 2.75) is 31.8 Å².